The van der Waals surface area contributed by atoms with Gasteiger partial charge in [0, 0.05) is 12.1 Å². The highest BCUT2D eigenvalue weighted by molar-refractivity contribution is 7.18. The predicted molar refractivity (Wildman–Crippen MR) is 96.9 cm³/mol. The van der Waals surface area contributed by atoms with Crippen LogP contribution in [0.15, 0.2) is 36.4 Å². The summed E-state index contributed by atoms with van der Waals surface area (Å²) in [5, 5.41) is 4.97. The van der Waals surface area contributed by atoms with Crippen LogP contribution in [-0.2, 0) is 6.42 Å². The highest BCUT2D eigenvalue weighted by Crippen LogP contribution is 2.23. The van der Waals surface area contributed by atoms with Crippen LogP contribution in [0.5, 0.6) is 0 Å². The highest BCUT2D eigenvalue weighted by atomic mass is 35.5. The van der Waals surface area contributed by atoms with Gasteiger partial charge in [0.1, 0.15) is 0 Å². The number of fused-ring (bicyclic) bond motifs is 1. The smallest absolute Gasteiger partial charge is 0.251 e. The third kappa shape index (κ3) is 3.83. The van der Waals surface area contributed by atoms with Crippen molar-refractivity contribution < 1.29 is 4.79 Å². The molecule has 0 atom stereocenters. The number of aromatic nitrogens is 1. The lowest BCUT2D eigenvalue weighted by Gasteiger charge is -2.06. The molecule has 0 radical (unpaired) electrons. The Kier molecular flexibility index (Phi) is 4.85. The van der Waals surface area contributed by atoms with E-state index in [2.05, 4.69) is 10.3 Å². The zero-order valence-electron chi connectivity index (χ0n) is 12.4. The maximum atomic E-state index is 12.2. The molecule has 3 aromatic rings. The monoisotopic (exact) mass is 364 g/mol. The molecule has 1 N–H and O–H groups in total. The average molecular weight is 365 g/mol. The van der Waals surface area contributed by atoms with Crippen molar-refractivity contribution in [3.8, 4) is 0 Å². The van der Waals surface area contributed by atoms with E-state index in [0.717, 1.165) is 20.8 Å². The largest absolute Gasteiger partial charge is 0.352 e. The molecular weight excluding hydrogens is 351 g/mol. The van der Waals surface area contributed by atoms with Gasteiger partial charge in [-0.2, -0.15) is 0 Å². The Morgan fingerprint density at radius 3 is 2.78 bits per heavy atom. The predicted octanol–water partition coefficient (Wildman–Crippen LogP) is 4.88. The number of rotatable bonds is 4. The molecular formula is C17H14Cl2N2OS. The lowest BCUT2D eigenvalue weighted by molar-refractivity contribution is 0.0954. The van der Waals surface area contributed by atoms with Crippen molar-refractivity contribution in [3.05, 3.63) is 62.6 Å². The molecule has 0 saturated carbocycles. The molecule has 0 bridgehead atoms. The molecule has 6 heteroatoms. The van der Waals surface area contributed by atoms with Gasteiger partial charge < -0.3 is 5.32 Å². The summed E-state index contributed by atoms with van der Waals surface area (Å²) >= 11 is 13.5. The summed E-state index contributed by atoms with van der Waals surface area (Å²) in [7, 11) is 0. The molecule has 0 fully saturated rings. The summed E-state index contributed by atoms with van der Waals surface area (Å²) in [4.78, 5) is 16.6. The maximum absolute atomic E-state index is 12.2. The molecule has 2 aromatic carbocycles. The van der Waals surface area contributed by atoms with Gasteiger partial charge in [-0.25, -0.2) is 4.98 Å². The Morgan fingerprint density at radius 2 is 2.00 bits per heavy atom. The Balaban J connectivity index is 1.62. The SMILES string of the molecule is Cc1nc2cc(C(=O)NCCc3ccc(Cl)c(Cl)c3)ccc2s1. The first-order chi connectivity index (χ1) is 11.0. The van der Waals surface area contributed by atoms with E-state index < -0.39 is 0 Å². The van der Waals surface area contributed by atoms with Gasteiger partial charge in [-0.15, -0.1) is 11.3 Å². The minimum Gasteiger partial charge on any atom is -0.352 e. The topological polar surface area (TPSA) is 42.0 Å². The molecule has 0 aliphatic carbocycles. The molecule has 3 rings (SSSR count). The molecule has 0 unspecified atom stereocenters. The Morgan fingerprint density at radius 1 is 1.17 bits per heavy atom. The lowest BCUT2D eigenvalue weighted by Crippen LogP contribution is -2.25. The van der Waals surface area contributed by atoms with Crippen LogP contribution in [0.4, 0.5) is 0 Å². The number of benzene rings is 2. The van der Waals surface area contributed by atoms with Crippen molar-refractivity contribution in [2.75, 3.05) is 6.54 Å². The Labute approximate surface area is 148 Å². The molecule has 1 heterocycles. The van der Waals surface area contributed by atoms with Crippen molar-refractivity contribution >= 4 is 50.7 Å². The number of hydrogen-bond donors (Lipinski definition) is 1. The molecule has 3 nitrogen and oxygen atoms in total. The fourth-order valence-electron chi connectivity index (χ4n) is 2.30. The normalized spacial score (nSPS) is 10.9. The summed E-state index contributed by atoms with van der Waals surface area (Å²) < 4.78 is 1.09. The number of thiazole rings is 1. The summed E-state index contributed by atoms with van der Waals surface area (Å²) in [5.74, 6) is -0.0994. The van der Waals surface area contributed by atoms with E-state index in [4.69, 9.17) is 23.2 Å². The van der Waals surface area contributed by atoms with E-state index in [0.29, 0.717) is 28.6 Å². The molecule has 1 aromatic heterocycles. The van der Waals surface area contributed by atoms with Crippen molar-refractivity contribution in [3.63, 3.8) is 0 Å². The van der Waals surface area contributed by atoms with E-state index >= 15 is 0 Å². The third-order valence-electron chi connectivity index (χ3n) is 3.44. The van der Waals surface area contributed by atoms with Crippen molar-refractivity contribution in [2.24, 2.45) is 0 Å². The van der Waals surface area contributed by atoms with Crippen LogP contribution >= 0.6 is 34.5 Å². The zero-order chi connectivity index (χ0) is 16.4. The maximum Gasteiger partial charge on any atom is 0.251 e. The molecule has 0 spiro atoms. The second-order valence-corrected chi connectivity index (χ2v) is 7.22. The van der Waals surface area contributed by atoms with E-state index in [1.165, 1.54) is 0 Å². The second kappa shape index (κ2) is 6.87. The first-order valence-electron chi connectivity index (χ1n) is 7.12. The van der Waals surface area contributed by atoms with E-state index in [-0.39, 0.29) is 5.91 Å². The van der Waals surface area contributed by atoms with Crippen LogP contribution in [0.1, 0.15) is 20.9 Å². The minimum absolute atomic E-state index is 0.0994. The number of halogens is 2. The van der Waals surface area contributed by atoms with Gasteiger partial charge in [0.2, 0.25) is 0 Å². The van der Waals surface area contributed by atoms with Gasteiger partial charge in [0.15, 0.2) is 0 Å². The molecule has 1 amide bonds. The van der Waals surface area contributed by atoms with Crippen molar-refractivity contribution in [1.82, 2.24) is 10.3 Å². The van der Waals surface area contributed by atoms with Crippen molar-refractivity contribution in [1.29, 1.82) is 0 Å². The number of nitrogens with zero attached hydrogens (tertiary/aromatic N) is 1. The van der Waals surface area contributed by atoms with E-state index in [1.807, 2.05) is 37.3 Å². The molecule has 0 saturated heterocycles. The van der Waals surface area contributed by atoms with Gasteiger partial charge in [0.25, 0.3) is 5.91 Å². The summed E-state index contributed by atoms with van der Waals surface area (Å²) in [6.07, 6.45) is 0.695. The quantitative estimate of drug-likeness (QED) is 0.716. The van der Waals surface area contributed by atoms with Crippen LogP contribution in [0, 0.1) is 6.92 Å². The highest BCUT2D eigenvalue weighted by Gasteiger charge is 2.08. The van der Waals surface area contributed by atoms with Crippen LogP contribution in [0.2, 0.25) is 10.0 Å². The van der Waals surface area contributed by atoms with E-state index in [1.54, 1.807) is 17.4 Å². The molecule has 118 valence electrons. The van der Waals surface area contributed by atoms with Gasteiger partial charge >= 0.3 is 0 Å². The summed E-state index contributed by atoms with van der Waals surface area (Å²) in [6, 6.07) is 11.1. The van der Waals surface area contributed by atoms with Gasteiger partial charge in [0.05, 0.1) is 25.3 Å². The molecule has 0 aliphatic rings. The first-order valence-corrected chi connectivity index (χ1v) is 8.69. The standard InChI is InChI=1S/C17H14Cl2N2OS/c1-10-21-15-9-12(3-5-16(15)23-10)17(22)20-7-6-11-2-4-13(18)14(19)8-11/h2-5,8-9H,6-7H2,1H3,(H,20,22). The summed E-state index contributed by atoms with van der Waals surface area (Å²) in [6.45, 7) is 2.49. The first kappa shape index (κ1) is 16.2. The van der Waals surface area contributed by atoms with Crippen LogP contribution < -0.4 is 5.32 Å². The van der Waals surface area contributed by atoms with E-state index in [9.17, 15) is 4.79 Å². The fraction of sp³-hybridized carbons (Fsp3) is 0.176. The Bertz CT molecular complexity index is 876. The number of aryl methyl sites for hydroxylation is 1. The lowest BCUT2D eigenvalue weighted by atomic mass is 10.1. The average Bonchev–Trinajstić information content (AvgIpc) is 2.89. The number of carbonyl (C=O) groups is 1. The van der Waals surface area contributed by atoms with Gasteiger partial charge in [-0.3, -0.25) is 4.79 Å². The van der Waals surface area contributed by atoms with Gasteiger partial charge in [-0.1, -0.05) is 29.3 Å². The summed E-state index contributed by atoms with van der Waals surface area (Å²) in [5.41, 5.74) is 2.52. The second-order valence-electron chi connectivity index (χ2n) is 5.17. The Hall–Kier alpha value is -1.62. The third-order valence-corrected chi connectivity index (χ3v) is 5.13. The van der Waals surface area contributed by atoms with Crippen LogP contribution in [-0.4, -0.2) is 17.4 Å². The minimum atomic E-state index is -0.0994. The molecule has 23 heavy (non-hydrogen) atoms. The van der Waals surface area contributed by atoms with Crippen molar-refractivity contribution in [2.45, 2.75) is 13.3 Å². The number of carbonyl (C=O) groups excluding carboxylic acids is 1. The van der Waals surface area contributed by atoms with Gasteiger partial charge in [-0.05, 0) is 49.2 Å². The number of hydrogen-bond acceptors (Lipinski definition) is 3. The number of nitrogens with one attached hydrogen (secondary N) is 1. The fourth-order valence-corrected chi connectivity index (χ4v) is 3.43. The van der Waals surface area contributed by atoms with Crippen LogP contribution in [0.25, 0.3) is 10.2 Å². The molecule has 0 aliphatic heterocycles. The van der Waals surface area contributed by atoms with Crippen LogP contribution in [0.3, 0.4) is 0 Å². The number of amides is 1. The zero-order valence-corrected chi connectivity index (χ0v) is 14.7.